The number of benzene rings is 1. The molecule has 20 heavy (non-hydrogen) atoms. The number of hydrogen-bond acceptors (Lipinski definition) is 5. The summed E-state index contributed by atoms with van der Waals surface area (Å²) in [5.74, 6) is 1.30. The predicted molar refractivity (Wildman–Crippen MR) is 84.6 cm³/mol. The highest BCUT2D eigenvalue weighted by molar-refractivity contribution is 5.68. The molecule has 2 rings (SSSR count). The first-order chi connectivity index (χ1) is 9.52. The smallest absolute Gasteiger partial charge is 0.139 e. The second kappa shape index (κ2) is 5.77. The molecule has 0 radical (unpaired) electrons. The highest BCUT2D eigenvalue weighted by atomic mass is 15.1. The van der Waals surface area contributed by atoms with Crippen LogP contribution >= 0.6 is 0 Å². The lowest BCUT2D eigenvalue weighted by molar-refractivity contribution is 1.06. The predicted octanol–water partition coefficient (Wildman–Crippen LogP) is 2.74. The zero-order chi connectivity index (χ0) is 14.7. The summed E-state index contributed by atoms with van der Waals surface area (Å²) in [5.41, 5.74) is 10.2. The van der Waals surface area contributed by atoms with Crippen molar-refractivity contribution in [2.24, 2.45) is 0 Å². The first-order valence-electron chi connectivity index (χ1n) is 6.67. The third kappa shape index (κ3) is 2.82. The third-order valence-electron chi connectivity index (χ3n) is 3.29. The Balaban J connectivity index is 2.36. The Morgan fingerprint density at radius 3 is 2.65 bits per heavy atom. The maximum atomic E-state index is 5.89. The van der Waals surface area contributed by atoms with E-state index >= 15 is 0 Å². The Kier molecular flexibility index (Phi) is 4.08. The lowest BCUT2D eigenvalue weighted by atomic mass is 10.1. The normalized spacial score (nSPS) is 10.4. The number of nitrogens with two attached hydrogens (primary N) is 1. The van der Waals surface area contributed by atoms with Gasteiger partial charge in [-0.1, -0.05) is 13.0 Å². The second-order valence-corrected chi connectivity index (χ2v) is 4.96. The minimum absolute atomic E-state index is 0.532. The monoisotopic (exact) mass is 271 g/mol. The van der Waals surface area contributed by atoms with Crippen LogP contribution in [0.4, 0.5) is 23.0 Å². The van der Waals surface area contributed by atoms with Crippen LogP contribution in [0.1, 0.15) is 18.1 Å². The van der Waals surface area contributed by atoms with Gasteiger partial charge in [0, 0.05) is 31.0 Å². The Hall–Kier alpha value is -2.30. The van der Waals surface area contributed by atoms with E-state index in [1.165, 1.54) is 17.6 Å². The van der Waals surface area contributed by atoms with Gasteiger partial charge in [-0.2, -0.15) is 0 Å². The van der Waals surface area contributed by atoms with E-state index in [-0.39, 0.29) is 0 Å². The summed E-state index contributed by atoms with van der Waals surface area (Å²) in [6, 6.07) is 6.24. The van der Waals surface area contributed by atoms with E-state index in [1.54, 1.807) is 0 Å². The zero-order valence-corrected chi connectivity index (χ0v) is 12.4. The van der Waals surface area contributed by atoms with Crippen LogP contribution in [0.3, 0.4) is 0 Å². The molecule has 1 aromatic carbocycles. The Morgan fingerprint density at radius 2 is 2.00 bits per heavy atom. The van der Waals surface area contributed by atoms with Crippen molar-refractivity contribution >= 4 is 23.0 Å². The Morgan fingerprint density at radius 1 is 1.25 bits per heavy atom. The molecule has 5 heteroatoms. The number of hydrogen-bond donors (Lipinski definition) is 2. The summed E-state index contributed by atoms with van der Waals surface area (Å²) in [6.45, 7) is 4.14. The molecular formula is C15H21N5. The number of nitrogens with zero attached hydrogens (tertiary/aromatic N) is 3. The average molecular weight is 271 g/mol. The number of anilines is 4. The zero-order valence-electron chi connectivity index (χ0n) is 12.4. The number of nitrogen functional groups attached to an aromatic ring is 1. The lowest BCUT2D eigenvalue weighted by Crippen LogP contribution is -2.11. The van der Waals surface area contributed by atoms with Gasteiger partial charge in [0.15, 0.2) is 0 Å². The van der Waals surface area contributed by atoms with Crippen molar-refractivity contribution in [1.82, 2.24) is 9.97 Å². The maximum Gasteiger partial charge on any atom is 0.139 e. The maximum absolute atomic E-state index is 5.89. The highest BCUT2D eigenvalue weighted by Gasteiger charge is 2.09. The summed E-state index contributed by atoms with van der Waals surface area (Å²) in [4.78, 5) is 10.4. The van der Waals surface area contributed by atoms with Crippen molar-refractivity contribution in [3.63, 3.8) is 0 Å². The van der Waals surface area contributed by atoms with Gasteiger partial charge in [0.2, 0.25) is 0 Å². The standard InChI is InChI=1S/C15H21N5/c1-5-12-14(16)17-9-18-15(12)19-11-7-6-10(2)13(8-11)20(3)4/h6-9H,5H2,1-4H3,(H3,16,17,18,19). The molecule has 0 aliphatic carbocycles. The molecule has 0 atom stereocenters. The van der Waals surface area contributed by atoms with Crippen LogP contribution in [0.5, 0.6) is 0 Å². The molecular weight excluding hydrogens is 250 g/mol. The fourth-order valence-electron chi connectivity index (χ4n) is 2.19. The summed E-state index contributed by atoms with van der Waals surface area (Å²) < 4.78 is 0. The van der Waals surface area contributed by atoms with E-state index in [9.17, 15) is 0 Å². The third-order valence-corrected chi connectivity index (χ3v) is 3.29. The molecule has 1 heterocycles. The quantitative estimate of drug-likeness (QED) is 0.895. The molecule has 5 nitrogen and oxygen atoms in total. The molecule has 0 bridgehead atoms. The molecule has 0 spiro atoms. The molecule has 1 aromatic heterocycles. The molecule has 0 unspecified atom stereocenters. The van der Waals surface area contributed by atoms with Gasteiger partial charge in [-0.3, -0.25) is 0 Å². The van der Waals surface area contributed by atoms with Crippen LogP contribution in [0, 0.1) is 6.92 Å². The van der Waals surface area contributed by atoms with Crippen LogP contribution in [-0.2, 0) is 6.42 Å². The van der Waals surface area contributed by atoms with Gasteiger partial charge in [-0.15, -0.1) is 0 Å². The minimum atomic E-state index is 0.532. The van der Waals surface area contributed by atoms with E-state index in [2.05, 4.69) is 39.2 Å². The van der Waals surface area contributed by atoms with Crippen molar-refractivity contribution < 1.29 is 0 Å². The first kappa shape index (κ1) is 14.1. The highest BCUT2D eigenvalue weighted by Crippen LogP contribution is 2.26. The van der Waals surface area contributed by atoms with Gasteiger partial charge in [0.1, 0.15) is 18.0 Å². The first-order valence-corrected chi connectivity index (χ1v) is 6.67. The molecule has 0 saturated carbocycles. The summed E-state index contributed by atoms with van der Waals surface area (Å²) in [6.07, 6.45) is 2.28. The van der Waals surface area contributed by atoms with Crippen molar-refractivity contribution in [3.05, 3.63) is 35.7 Å². The fourth-order valence-corrected chi connectivity index (χ4v) is 2.19. The van der Waals surface area contributed by atoms with Crippen LogP contribution in [0.2, 0.25) is 0 Å². The number of aromatic nitrogens is 2. The van der Waals surface area contributed by atoms with Crippen molar-refractivity contribution in [2.75, 3.05) is 30.0 Å². The van der Waals surface area contributed by atoms with E-state index in [4.69, 9.17) is 5.73 Å². The summed E-state index contributed by atoms with van der Waals surface area (Å²) in [5, 5.41) is 3.33. The van der Waals surface area contributed by atoms with Gasteiger partial charge in [0.25, 0.3) is 0 Å². The summed E-state index contributed by atoms with van der Waals surface area (Å²) in [7, 11) is 4.07. The van der Waals surface area contributed by atoms with Gasteiger partial charge < -0.3 is 16.0 Å². The number of rotatable bonds is 4. The minimum Gasteiger partial charge on any atom is -0.383 e. The molecule has 0 aliphatic heterocycles. The van der Waals surface area contributed by atoms with Gasteiger partial charge >= 0.3 is 0 Å². The number of aryl methyl sites for hydroxylation is 1. The molecule has 106 valence electrons. The second-order valence-electron chi connectivity index (χ2n) is 4.96. The molecule has 0 saturated heterocycles. The largest absolute Gasteiger partial charge is 0.383 e. The van der Waals surface area contributed by atoms with Crippen LogP contribution in [0.25, 0.3) is 0 Å². The van der Waals surface area contributed by atoms with Crippen LogP contribution in [0.15, 0.2) is 24.5 Å². The van der Waals surface area contributed by atoms with Gasteiger partial charge in [0.05, 0.1) is 0 Å². The molecule has 0 aliphatic rings. The lowest BCUT2D eigenvalue weighted by Gasteiger charge is -2.18. The SMILES string of the molecule is CCc1c(N)ncnc1Nc1ccc(C)c(N(C)C)c1. The van der Waals surface area contributed by atoms with E-state index in [1.807, 2.05) is 27.1 Å². The van der Waals surface area contributed by atoms with Crippen LogP contribution < -0.4 is 16.0 Å². The average Bonchev–Trinajstić information content (AvgIpc) is 2.41. The van der Waals surface area contributed by atoms with Crippen molar-refractivity contribution in [3.8, 4) is 0 Å². The Labute approximate surface area is 119 Å². The summed E-state index contributed by atoms with van der Waals surface area (Å²) >= 11 is 0. The van der Waals surface area contributed by atoms with Crippen LogP contribution in [-0.4, -0.2) is 24.1 Å². The van der Waals surface area contributed by atoms with E-state index < -0.39 is 0 Å². The molecule has 3 N–H and O–H groups in total. The number of nitrogens with one attached hydrogen (secondary N) is 1. The fraction of sp³-hybridized carbons (Fsp3) is 0.333. The molecule has 0 fully saturated rings. The molecule has 2 aromatic rings. The van der Waals surface area contributed by atoms with Crippen molar-refractivity contribution in [2.45, 2.75) is 20.3 Å². The Bertz CT molecular complexity index is 607. The van der Waals surface area contributed by atoms with Crippen molar-refractivity contribution in [1.29, 1.82) is 0 Å². The molecule has 0 amide bonds. The topological polar surface area (TPSA) is 67.1 Å². The van der Waals surface area contributed by atoms with Gasteiger partial charge in [-0.05, 0) is 31.0 Å². The van der Waals surface area contributed by atoms with Gasteiger partial charge in [-0.25, -0.2) is 9.97 Å². The van der Waals surface area contributed by atoms with E-state index in [0.29, 0.717) is 5.82 Å². The van der Waals surface area contributed by atoms with E-state index in [0.717, 1.165) is 23.5 Å².